The van der Waals surface area contributed by atoms with Crippen molar-refractivity contribution >= 4 is 61.8 Å². The minimum Gasteiger partial charge on any atom is -0.118 e. The number of rotatable bonds is 6. The molecule has 0 bridgehead atoms. The molecule has 5 unspecified atom stereocenters. The van der Waals surface area contributed by atoms with Gasteiger partial charge in [-0.1, -0.05) is 224 Å². The first-order chi connectivity index (χ1) is 34.2. The van der Waals surface area contributed by atoms with Crippen molar-refractivity contribution in [2.45, 2.75) is 49.2 Å². The maximum Gasteiger partial charge on any atom is 0.0342 e. The van der Waals surface area contributed by atoms with Crippen LogP contribution in [-0.4, -0.2) is 5.25 Å². The second kappa shape index (κ2) is 16.8. The van der Waals surface area contributed by atoms with E-state index in [0.29, 0.717) is 11.2 Å². The van der Waals surface area contributed by atoms with Crippen LogP contribution in [0.25, 0.3) is 61.2 Å². The Balaban J connectivity index is 0.899. The van der Waals surface area contributed by atoms with Gasteiger partial charge in [0.05, 0.1) is 0 Å². The van der Waals surface area contributed by atoms with Crippen LogP contribution in [0.2, 0.25) is 0 Å². The van der Waals surface area contributed by atoms with Crippen LogP contribution in [0.4, 0.5) is 0 Å². The molecule has 5 atom stereocenters. The monoisotopic (exact) mass is 900 g/mol. The summed E-state index contributed by atoms with van der Waals surface area (Å²) < 4.78 is 0. The van der Waals surface area contributed by atoms with E-state index in [1.54, 1.807) is 5.57 Å². The van der Waals surface area contributed by atoms with Gasteiger partial charge < -0.3 is 0 Å². The maximum absolute atomic E-state index is 2.61. The summed E-state index contributed by atoms with van der Waals surface area (Å²) in [6, 6.07) is 50.8. The molecule has 1 heterocycles. The van der Waals surface area contributed by atoms with Crippen molar-refractivity contribution in [2.75, 3.05) is 0 Å². The Morgan fingerprint density at radius 1 is 0.594 bits per heavy atom. The van der Waals surface area contributed by atoms with E-state index in [0.717, 1.165) is 25.7 Å². The minimum absolute atomic E-state index is 0.153. The lowest BCUT2D eigenvalue weighted by Gasteiger charge is -2.38. The van der Waals surface area contributed by atoms with Crippen LogP contribution in [-0.2, 0) is 0 Å². The molecule has 6 aliphatic carbocycles. The highest BCUT2D eigenvalue weighted by molar-refractivity contribution is 8.04. The Hall–Kier alpha value is -7.19. The van der Waals surface area contributed by atoms with Crippen molar-refractivity contribution in [3.05, 3.63) is 278 Å². The molecule has 0 saturated heterocycles. The molecular formula is C68H52S. The lowest BCUT2D eigenvalue weighted by molar-refractivity contribution is 0.649. The van der Waals surface area contributed by atoms with Crippen LogP contribution < -0.4 is 10.4 Å². The third-order valence-corrected chi connectivity index (χ3v) is 17.6. The predicted molar refractivity (Wildman–Crippen MR) is 295 cm³/mol. The molecule has 7 aliphatic rings. The molecule has 330 valence electrons. The topological polar surface area (TPSA) is 0 Å². The quantitative estimate of drug-likeness (QED) is 0.150. The summed E-state index contributed by atoms with van der Waals surface area (Å²) in [6.07, 6.45) is 41.7. The van der Waals surface area contributed by atoms with Gasteiger partial charge >= 0.3 is 0 Å². The predicted octanol–water partition coefficient (Wildman–Crippen LogP) is 16.2. The lowest BCUT2D eigenvalue weighted by atomic mass is 9.65. The zero-order chi connectivity index (χ0) is 45.4. The zero-order valence-electron chi connectivity index (χ0n) is 38.7. The highest BCUT2D eigenvalue weighted by Crippen LogP contribution is 2.54. The number of allylic oxidation sites excluding steroid dienone is 18. The van der Waals surface area contributed by atoms with Crippen molar-refractivity contribution in [3.63, 3.8) is 0 Å². The average molecular weight is 901 g/mol. The van der Waals surface area contributed by atoms with Crippen LogP contribution in [0, 0.1) is 11.8 Å². The Kier molecular flexibility index (Phi) is 9.94. The molecule has 0 fully saturated rings. The molecule has 0 amide bonds. The van der Waals surface area contributed by atoms with Gasteiger partial charge in [-0.05, 0) is 142 Å². The van der Waals surface area contributed by atoms with Crippen LogP contribution in [0.3, 0.4) is 0 Å². The minimum atomic E-state index is 0.153. The van der Waals surface area contributed by atoms with E-state index in [9.17, 15) is 0 Å². The van der Waals surface area contributed by atoms with Crippen LogP contribution >= 0.6 is 11.8 Å². The van der Waals surface area contributed by atoms with Gasteiger partial charge in [-0.25, -0.2) is 0 Å². The van der Waals surface area contributed by atoms with Crippen molar-refractivity contribution < 1.29 is 0 Å². The van der Waals surface area contributed by atoms with Gasteiger partial charge in [0, 0.05) is 33.8 Å². The summed E-state index contributed by atoms with van der Waals surface area (Å²) in [4.78, 5) is 1.50. The van der Waals surface area contributed by atoms with E-state index >= 15 is 0 Å². The van der Waals surface area contributed by atoms with Gasteiger partial charge in [0.25, 0.3) is 0 Å². The summed E-state index contributed by atoms with van der Waals surface area (Å²) >= 11 is 2.09. The van der Waals surface area contributed by atoms with Gasteiger partial charge in [-0.2, -0.15) is 0 Å². The van der Waals surface area contributed by atoms with Gasteiger partial charge in [0.1, 0.15) is 0 Å². The normalized spacial score (nSPS) is 23.2. The molecular weight excluding hydrogens is 849 g/mol. The lowest BCUT2D eigenvalue weighted by Crippen LogP contribution is -2.28. The fourth-order valence-corrected chi connectivity index (χ4v) is 14.2. The van der Waals surface area contributed by atoms with Gasteiger partial charge in [-0.3, -0.25) is 0 Å². The molecule has 0 saturated carbocycles. The van der Waals surface area contributed by atoms with E-state index in [4.69, 9.17) is 0 Å². The Morgan fingerprint density at radius 3 is 2.36 bits per heavy atom. The molecule has 0 spiro atoms. The average Bonchev–Trinajstić information content (AvgIpc) is 3.92. The molecule has 1 heteroatoms. The summed E-state index contributed by atoms with van der Waals surface area (Å²) in [5, 5.41) is 11.1. The third-order valence-electron chi connectivity index (χ3n) is 16.1. The van der Waals surface area contributed by atoms with Crippen molar-refractivity contribution in [3.8, 4) is 11.1 Å². The first kappa shape index (κ1) is 40.8. The van der Waals surface area contributed by atoms with Crippen LogP contribution in [0.5, 0.6) is 0 Å². The number of thioether (sulfide) groups is 1. The molecule has 7 aromatic carbocycles. The highest BCUT2D eigenvalue weighted by atomic mass is 32.2. The van der Waals surface area contributed by atoms with Crippen LogP contribution in [0.1, 0.15) is 66.2 Å². The first-order valence-corrected chi connectivity index (χ1v) is 26.0. The molecule has 1 aliphatic heterocycles. The number of hydrogen-bond acceptors (Lipinski definition) is 1. The second-order valence-electron chi connectivity index (χ2n) is 20.0. The molecule has 7 aromatic rings. The van der Waals surface area contributed by atoms with Crippen molar-refractivity contribution in [1.82, 2.24) is 0 Å². The van der Waals surface area contributed by atoms with Crippen molar-refractivity contribution in [2.24, 2.45) is 11.8 Å². The number of hydrogen-bond donors (Lipinski definition) is 0. The zero-order valence-corrected chi connectivity index (χ0v) is 39.5. The van der Waals surface area contributed by atoms with E-state index in [1.807, 2.05) is 0 Å². The van der Waals surface area contributed by atoms with E-state index in [1.165, 1.54) is 115 Å². The second-order valence-corrected chi connectivity index (χ2v) is 21.2. The molecule has 0 radical (unpaired) electrons. The summed E-state index contributed by atoms with van der Waals surface area (Å²) in [6.45, 7) is 0. The molecule has 14 rings (SSSR count). The maximum atomic E-state index is 2.61. The fraction of sp³-hybridized carbons (Fsp3) is 0.147. The highest BCUT2D eigenvalue weighted by Gasteiger charge is 2.37. The van der Waals surface area contributed by atoms with E-state index < -0.39 is 0 Å². The molecule has 69 heavy (non-hydrogen) atoms. The van der Waals surface area contributed by atoms with Gasteiger partial charge in [0.15, 0.2) is 0 Å². The number of fused-ring (bicyclic) bond motifs is 7. The van der Waals surface area contributed by atoms with Gasteiger partial charge in [0.2, 0.25) is 0 Å². The van der Waals surface area contributed by atoms with Crippen LogP contribution in [0.15, 0.2) is 245 Å². The third kappa shape index (κ3) is 6.96. The summed E-state index contributed by atoms with van der Waals surface area (Å²) in [5.74, 6) is 1.00. The van der Waals surface area contributed by atoms with Gasteiger partial charge in [-0.15, -0.1) is 11.8 Å². The summed E-state index contributed by atoms with van der Waals surface area (Å²) in [7, 11) is 0. The largest absolute Gasteiger partial charge is 0.118 e. The van der Waals surface area contributed by atoms with E-state index in [-0.39, 0.29) is 17.8 Å². The SMILES string of the molecule is C1=CCCC(C2=CCC(C3=CC=C4C=C(C5=C6C=CC=CC6C(c6ccc7c(-c8ccc9ccccc9c8)c8ccccc8c(C8C=c9ccccc9=CC8)c7c6)c6ccccc65)C=CC4C3)S2)=C1. The smallest absolute Gasteiger partial charge is 0.0342 e. The molecule has 0 aromatic heterocycles. The Bertz CT molecular complexity index is 3810. The Morgan fingerprint density at radius 2 is 1.43 bits per heavy atom. The number of benzene rings is 7. The molecule has 0 N–H and O–H groups in total. The summed E-state index contributed by atoms with van der Waals surface area (Å²) in [5.41, 5.74) is 16.8. The fourth-order valence-electron chi connectivity index (χ4n) is 12.9. The van der Waals surface area contributed by atoms with Crippen molar-refractivity contribution in [1.29, 1.82) is 0 Å². The first-order valence-electron chi connectivity index (χ1n) is 25.2. The standard InChI is InChI=1S/C68H52S/c1-2-16-45(17-3-1)63-36-37-64(69-63)50-30-28-49-41-52(33-29-48(49)38-50)65-55-20-8-10-22-57(55)67(58-23-11-9-21-56(58)65)54-34-35-61-62(42-54)68(53-32-27-44-15-5-7-19-47(44)40-53)60-25-13-12-24-59(60)66(61)51-31-26-43-14-4-6-18-46(43)39-51/h1-2,4-16,18-31,33-36,39-42,48,53,57,64,67H,3,17,32,37-38H2. The Labute approximate surface area is 409 Å². The molecule has 0 nitrogen and oxygen atoms in total. The van der Waals surface area contributed by atoms with E-state index in [2.05, 4.69) is 236 Å².